The lowest BCUT2D eigenvalue weighted by Crippen LogP contribution is -2.40. The molecule has 1 heterocycles. The van der Waals surface area contributed by atoms with Crippen LogP contribution in [0, 0.1) is 0 Å². The molecule has 0 fully saturated rings. The number of likely N-dealkylation sites (N-methyl/N-ethyl adjacent to an activating group) is 1. The van der Waals surface area contributed by atoms with Crippen molar-refractivity contribution in [1.82, 2.24) is 15.2 Å². The van der Waals surface area contributed by atoms with Crippen LogP contribution in [0.4, 0.5) is 0 Å². The van der Waals surface area contributed by atoms with Crippen LogP contribution in [0.3, 0.4) is 0 Å². The Morgan fingerprint density at radius 2 is 2.11 bits per heavy atom. The molecule has 1 rings (SSSR count). The van der Waals surface area contributed by atoms with E-state index in [1.807, 2.05) is 24.5 Å². The lowest BCUT2D eigenvalue weighted by atomic mass is 10.2. The van der Waals surface area contributed by atoms with Crippen molar-refractivity contribution < 1.29 is 5.11 Å². The second kappa shape index (κ2) is 9.03. The Morgan fingerprint density at radius 1 is 1.39 bits per heavy atom. The molecular formula is C14H25N3O. The minimum absolute atomic E-state index is 0.241. The van der Waals surface area contributed by atoms with Gasteiger partial charge in [-0.3, -0.25) is 4.98 Å². The van der Waals surface area contributed by atoms with Gasteiger partial charge in [0.05, 0.1) is 0 Å². The molecule has 2 N–H and O–H groups in total. The molecule has 1 aromatic rings. The molecular weight excluding hydrogens is 226 g/mol. The Bertz CT molecular complexity index is 305. The van der Waals surface area contributed by atoms with E-state index in [2.05, 4.69) is 29.2 Å². The first kappa shape index (κ1) is 15.1. The zero-order valence-corrected chi connectivity index (χ0v) is 11.5. The van der Waals surface area contributed by atoms with Gasteiger partial charge in [0.1, 0.15) is 0 Å². The third-order valence-corrected chi connectivity index (χ3v) is 2.89. The van der Waals surface area contributed by atoms with Gasteiger partial charge in [-0.25, -0.2) is 0 Å². The minimum atomic E-state index is 0.241. The first-order chi connectivity index (χ1) is 8.76. The summed E-state index contributed by atoms with van der Waals surface area (Å²) in [6, 6.07) is 4.44. The molecule has 4 nitrogen and oxygen atoms in total. The zero-order valence-electron chi connectivity index (χ0n) is 11.5. The summed E-state index contributed by atoms with van der Waals surface area (Å²) in [5.74, 6) is 0. The molecule has 0 amide bonds. The Kier molecular flexibility index (Phi) is 7.57. The van der Waals surface area contributed by atoms with Crippen molar-refractivity contribution >= 4 is 0 Å². The van der Waals surface area contributed by atoms with Gasteiger partial charge in [0.2, 0.25) is 0 Å². The number of nitrogens with zero attached hydrogens (tertiary/aromatic N) is 2. The molecule has 1 atom stereocenters. The molecule has 0 aromatic carbocycles. The Morgan fingerprint density at radius 3 is 2.72 bits per heavy atom. The second-order valence-corrected chi connectivity index (χ2v) is 4.72. The minimum Gasteiger partial charge on any atom is -0.396 e. The molecule has 18 heavy (non-hydrogen) atoms. The maximum atomic E-state index is 9.07. The predicted molar refractivity (Wildman–Crippen MR) is 74.4 cm³/mol. The number of aliphatic hydroxyl groups is 1. The largest absolute Gasteiger partial charge is 0.396 e. The van der Waals surface area contributed by atoms with Gasteiger partial charge in [-0.1, -0.05) is 6.92 Å². The number of hydrogen-bond donors (Lipinski definition) is 2. The summed E-state index contributed by atoms with van der Waals surface area (Å²) >= 11 is 0. The van der Waals surface area contributed by atoms with Gasteiger partial charge >= 0.3 is 0 Å². The highest BCUT2D eigenvalue weighted by atomic mass is 16.3. The van der Waals surface area contributed by atoms with E-state index >= 15 is 0 Å². The van der Waals surface area contributed by atoms with Crippen LogP contribution in [0.25, 0.3) is 0 Å². The summed E-state index contributed by atoms with van der Waals surface area (Å²) in [7, 11) is 2.11. The van der Waals surface area contributed by atoms with E-state index in [-0.39, 0.29) is 6.61 Å². The standard InChI is InChI=1S/C14H25N3O/c1-3-7-16-14(6-10-18)12-17(2)11-13-4-8-15-9-5-13/h4-5,8-9,14,16,18H,3,6-7,10-12H2,1-2H3. The Balaban J connectivity index is 2.37. The second-order valence-electron chi connectivity index (χ2n) is 4.72. The van der Waals surface area contributed by atoms with Crippen LogP contribution >= 0.6 is 0 Å². The summed E-state index contributed by atoms with van der Waals surface area (Å²) in [5.41, 5.74) is 1.27. The van der Waals surface area contributed by atoms with Crippen molar-refractivity contribution in [3.05, 3.63) is 30.1 Å². The van der Waals surface area contributed by atoms with Crippen LogP contribution in [0.1, 0.15) is 25.3 Å². The molecule has 0 aliphatic carbocycles. The molecule has 0 bridgehead atoms. The quantitative estimate of drug-likeness (QED) is 0.694. The number of aromatic nitrogens is 1. The van der Waals surface area contributed by atoms with Gasteiger partial charge in [0.15, 0.2) is 0 Å². The van der Waals surface area contributed by atoms with Crippen molar-refractivity contribution in [2.45, 2.75) is 32.4 Å². The van der Waals surface area contributed by atoms with Crippen molar-refractivity contribution in [3.8, 4) is 0 Å². The molecule has 0 saturated carbocycles. The predicted octanol–water partition coefficient (Wildman–Crippen LogP) is 1.26. The highest BCUT2D eigenvalue weighted by molar-refractivity contribution is 5.09. The van der Waals surface area contributed by atoms with E-state index in [0.29, 0.717) is 6.04 Å². The average Bonchev–Trinajstić information content (AvgIpc) is 2.37. The smallest absolute Gasteiger partial charge is 0.0446 e. The molecule has 1 aromatic heterocycles. The lowest BCUT2D eigenvalue weighted by Gasteiger charge is -2.24. The highest BCUT2D eigenvalue weighted by Gasteiger charge is 2.10. The summed E-state index contributed by atoms with van der Waals surface area (Å²) < 4.78 is 0. The summed E-state index contributed by atoms with van der Waals surface area (Å²) in [5, 5.41) is 12.5. The monoisotopic (exact) mass is 251 g/mol. The maximum Gasteiger partial charge on any atom is 0.0446 e. The first-order valence-corrected chi connectivity index (χ1v) is 6.68. The highest BCUT2D eigenvalue weighted by Crippen LogP contribution is 2.03. The van der Waals surface area contributed by atoms with E-state index in [4.69, 9.17) is 5.11 Å². The van der Waals surface area contributed by atoms with Crippen LogP contribution in [0.15, 0.2) is 24.5 Å². The molecule has 1 unspecified atom stereocenters. The molecule has 102 valence electrons. The van der Waals surface area contributed by atoms with E-state index in [0.717, 1.165) is 32.5 Å². The molecule has 0 aliphatic heterocycles. The molecule has 0 radical (unpaired) electrons. The van der Waals surface area contributed by atoms with E-state index in [9.17, 15) is 0 Å². The van der Waals surface area contributed by atoms with Gasteiger partial charge in [-0.2, -0.15) is 0 Å². The number of rotatable bonds is 9. The summed E-state index contributed by atoms with van der Waals surface area (Å²) in [6.45, 7) is 5.27. The molecule has 4 heteroatoms. The molecule has 0 saturated heterocycles. The van der Waals surface area contributed by atoms with Crippen LogP contribution in [0.5, 0.6) is 0 Å². The topological polar surface area (TPSA) is 48.4 Å². The van der Waals surface area contributed by atoms with Crippen LogP contribution < -0.4 is 5.32 Å². The van der Waals surface area contributed by atoms with Crippen molar-refractivity contribution in [3.63, 3.8) is 0 Å². The molecule has 0 spiro atoms. The van der Waals surface area contributed by atoms with Crippen LogP contribution in [-0.4, -0.2) is 47.8 Å². The van der Waals surface area contributed by atoms with Gasteiger partial charge < -0.3 is 15.3 Å². The van der Waals surface area contributed by atoms with Crippen LogP contribution in [0.2, 0.25) is 0 Å². The fourth-order valence-electron chi connectivity index (χ4n) is 2.00. The third kappa shape index (κ3) is 6.10. The van der Waals surface area contributed by atoms with Crippen molar-refractivity contribution in [2.75, 3.05) is 26.7 Å². The number of nitrogens with one attached hydrogen (secondary N) is 1. The van der Waals surface area contributed by atoms with Crippen molar-refractivity contribution in [2.24, 2.45) is 0 Å². The summed E-state index contributed by atoms with van der Waals surface area (Å²) in [6.07, 6.45) is 5.57. The fraction of sp³-hybridized carbons (Fsp3) is 0.643. The maximum absolute atomic E-state index is 9.07. The van der Waals surface area contributed by atoms with Gasteiger partial charge in [0, 0.05) is 38.1 Å². The van der Waals surface area contributed by atoms with Crippen molar-refractivity contribution in [1.29, 1.82) is 0 Å². The average molecular weight is 251 g/mol. The van der Waals surface area contributed by atoms with E-state index in [1.54, 1.807) is 0 Å². The Labute approximate surface area is 110 Å². The summed E-state index contributed by atoms with van der Waals surface area (Å²) in [4.78, 5) is 6.30. The van der Waals surface area contributed by atoms with Gasteiger partial charge in [-0.15, -0.1) is 0 Å². The number of hydrogen-bond acceptors (Lipinski definition) is 4. The fourth-order valence-corrected chi connectivity index (χ4v) is 2.00. The SMILES string of the molecule is CCCNC(CCO)CN(C)Cc1ccncc1. The zero-order chi connectivity index (χ0) is 13.2. The van der Waals surface area contributed by atoms with Gasteiger partial charge in [-0.05, 0) is 44.1 Å². The third-order valence-electron chi connectivity index (χ3n) is 2.89. The van der Waals surface area contributed by atoms with E-state index < -0.39 is 0 Å². The number of pyridine rings is 1. The van der Waals surface area contributed by atoms with E-state index in [1.165, 1.54) is 5.56 Å². The molecule has 0 aliphatic rings. The lowest BCUT2D eigenvalue weighted by molar-refractivity contribution is 0.226. The Hall–Kier alpha value is -0.970. The van der Waals surface area contributed by atoms with Crippen LogP contribution in [-0.2, 0) is 6.54 Å². The van der Waals surface area contributed by atoms with Gasteiger partial charge in [0.25, 0.3) is 0 Å². The first-order valence-electron chi connectivity index (χ1n) is 6.68. The normalized spacial score (nSPS) is 12.9. The number of aliphatic hydroxyl groups excluding tert-OH is 1.